The Morgan fingerprint density at radius 1 is 1.50 bits per heavy atom. The third kappa shape index (κ3) is 3.16. The van der Waals surface area contributed by atoms with Gasteiger partial charge in [-0.15, -0.1) is 11.8 Å². The van der Waals surface area contributed by atoms with Gasteiger partial charge in [0, 0.05) is 15.8 Å². The predicted octanol–water partition coefficient (Wildman–Crippen LogP) is 3.34. The molecule has 0 amide bonds. The molecule has 106 valence electrons. The zero-order valence-electron chi connectivity index (χ0n) is 11.2. The molecule has 1 aromatic heterocycles. The molecule has 0 aliphatic carbocycles. The van der Waals surface area contributed by atoms with Gasteiger partial charge in [-0.05, 0) is 37.2 Å². The Kier molecular flexibility index (Phi) is 4.29. The van der Waals surface area contributed by atoms with Gasteiger partial charge in [-0.25, -0.2) is 0 Å². The van der Waals surface area contributed by atoms with Crippen LogP contribution in [0.25, 0.3) is 0 Å². The van der Waals surface area contributed by atoms with Crippen LogP contribution in [0, 0.1) is 5.92 Å². The van der Waals surface area contributed by atoms with Gasteiger partial charge in [0.25, 0.3) is 0 Å². The third-order valence-corrected chi connectivity index (χ3v) is 4.78. The highest BCUT2D eigenvalue weighted by molar-refractivity contribution is 7.98. The highest BCUT2D eigenvalue weighted by atomic mass is 35.5. The maximum absolute atomic E-state index is 5.96. The lowest BCUT2D eigenvalue weighted by Crippen LogP contribution is -2.44. The Morgan fingerprint density at radius 3 is 3.05 bits per heavy atom. The summed E-state index contributed by atoms with van der Waals surface area (Å²) in [5.41, 5.74) is 0. The largest absolute Gasteiger partial charge is 0.339 e. The molecule has 20 heavy (non-hydrogen) atoms. The number of halogens is 1. The summed E-state index contributed by atoms with van der Waals surface area (Å²) in [5.74, 6) is 3.12. The van der Waals surface area contributed by atoms with Crippen LogP contribution in [0.3, 0.4) is 0 Å². The Balaban J connectivity index is 1.59. The molecule has 1 aromatic carbocycles. The van der Waals surface area contributed by atoms with Gasteiger partial charge < -0.3 is 9.84 Å². The fraction of sp³-hybridized carbons (Fsp3) is 0.429. The molecule has 1 saturated heterocycles. The predicted molar refractivity (Wildman–Crippen MR) is 80.1 cm³/mol. The van der Waals surface area contributed by atoms with E-state index in [2.05, 4.69) is 22.4 Å². The molecule has 0 spiro atoms. The summed E-state index contributed by atoms with van der Waals surface area (Å²) >= 11 is 7.62. The molecule has 1 aliphatic heterocycles. The van der Waals surface area contributed by atoms with Crippen molar-refractivity contribution in [2.75, 3.05) is 13.1 Å². The molecule has 1 N–H and O–H groups in total. The first-order chi connectivity index (χ1) is 9.72. The third-order valence-electron chi connectivity index (χ3n) is 3.56. The van der Waals surface area contributed by atoms with Gasteiger partial charge in [-0.3, -0.25) is 0 Å². The van der Waals surface area contributed by atoms with Gasteiger partial charge in [0.05, 0.1) is 5.75 Å². The van der Waals surface area contributed by atoms with Crippen LogP contribution < -0.4 is 5.32 Å². The minimum Gasteiger partial charge on any atom is -0.339 e. The SMILES string of the molecule is CC(c1nc(CSc2cccc(Cl)c2)no1)C1CNC1. The number of nitrogens with zero attached hydrogens (tertiary/aromatic N) is 2. The average Bonchev–Trinajstić information content (AvgIpc) is 2.83. The molecular formula is C14H16ClN3OS. The van der Waals surface area contributed by atoms with Crippen LogP contribution in [-0.4, -0.2) is 23.2 Å². The maximum Gasteiger partial charge on any atom is 0.229 e. The zero-order chi connectivity index (χ0) is 13.9. The summed E-state index contributed by atoms with van der Waals surface area (Å²) < 4.78 is 5.37. The molecule has 1 aliphatic rings. The molecule has 3 rings (SSSR count). The van der Waals surface area contributed by atoms with Crippen LogP contribution in [-0.2, 0) is 5.75 Å². The molecular weight excluding hydrogens is 294 g/mol. The van der Waals surface area contributed by atoms with E-state index < -0.39 is 0 Å². The van der Waals surface area contributed by atoms with E-state index in [-0.39, 0.29) is 0 Å². The highest BCUT2D eigenvalue weighted by Gasteiger charge is 2.28. The lowest BCUT2D eigenvalue weighted by atomic mass is 9.89. The van der Waals surface area contributed by atoms with Gasteiger partial charge in [0.1, 0.15) is 0 Å². The van der Waals surface area contributed by atoms with Crippen molar-refractivity contribution in [2.45, 2.75) is 23.5 Å². The number of hydrogen-bond donors (Lipinski definition) is 1. The normalized spacial score (nSPS) is 16.9. The summed E-state index contributed by atoms with van der Waals surface area (Å²) in [6.45, 7) is 4.22. The van der Waals surface area contributed by atoms with E-state index in [1.165, 1.54) is 0 Å². The molecule has 1 atom stereocenters. The van der Waals surface area contributed by atoms with E-state index in [1.54, 1.807) is 11.8 Å². The number of benzene rings is 1. The number of thioether (sulfide) groups is 1. The minimum atomic E-state index is 0.327. The van der Waals surface area contributed by atoms with E-state index in [4.69, 9.17) is 16.1 Å². The van der Waals surface area contributed by atoms with E-state index in [0.29, 0.717) is 17.6 Å². The topological polar surface area (TPSA) is 51.0 Å². The smallest absolute Gasteiger partial charge is 0.229 e. The Labute approximate surface area is 127 Å². The summed E-state index contributed by atoms with van der Waals surface area (Å²) in [5, 5.41) is 8.06. The van der Waals surface area contributed by atoms with Crippen molar-refractivity contribution in [2.24, 2.45) is 5.92 Å². The van der Waals surface area contributed by atoms with Gasteiger partial charge in [0.15, 0.2) is 5.82 Å². The average molecular weight is 310 g/mol. The highest BCUT2D eigenvalue weighted by Crippen LogP contribution is 2.28. The lowest BCUT2D eigenvalue weighted by molar-refractivity contribution is 0.252. The number of hydrogen-bond acceptors (Lipinski definition) is 5. The summed E-state index contributed by atoms with van der Waals surface area (Å²) in [7, 11) is 0. The first-order valence-electron chi connectivity index (χ1n) is 6.64. The fourth-order valence-corrected chi connectivity index (χ4v) is 3.14. The van der Waals surface area contributed by atoms with Crippen LogP contribution in [0.5, 0.6) is 0 Å². The van der Waals surface area contributed by atoms with Crippen LogP contribution >= 0.6 is 23.4 Å². The van der Waals surface area contributed by atoms with E-state index >= 15 is 0 Å². The molecule has 2 heterocycles. The van der Waals surface area contributed by atoms with Crippen LogP contribution in [0.2, 0.25) is 5.02 Å². The van der Waals surface area contributed by atoms with Crippen LogP contribution in [0.15, 0.2) is 33.7 Å². The first-order valence-corrected chi connectivity index (χ1v) is 8.00. The maximum atomic E-state index is 5.96. The van der Waals surface area contributed by atoms with Gasteiger partial charge in [0.2, 0.25) is 5.89 Å². The fourth-order valence-electron chi connectivity index (χ4n) is 2.08. The van der Waals surface area contributed by atoms with Crippen molar-refractivity contribution in [3.8, 4) is 0 Å². The second-order valence-corrected chi connectivity index (χ2v) is 6.49. The monoisotopic (exact) mass is 309 g/mol. The van der Waals surface area contributed by atoms with Crippen molar-refractivity contribution < 1.29 is 4.52 Å². The summed E-state index contributed by atoms with van der Waals surface area (Å²) in [6.07, 6.45) is 0. The molecule has 0 radical (unpaired) electrons. The second kappa shape index (κ2) is 6.16. The summed E-state index contributed by atoms with van der Waals surface area (Å²) in [4.78, 5) is 5.60. The van der Waals surface area contributed by atoms with Crippen LogP contribution in [0.1, 0.15) is 24.6 Å². The summed E-state index contributed by atoms with van der Waals surface area (Å²) in [6, 6.07) is 7.78. The lowest BCUT2D eigenvalue weighted by Gasteiger charge is -2.30. The van der Waals surface area contributed by atoms with Crippen molar-refractivity contribution in [1.82, 2.24) is 15.5 Å². The van der Waals surface area contributed by atoms with E-state index in [9.17, 15) is 0 Å². The molecule has 2 aromatic rings. The molecule has 0 saturated carbocycles. The molecule has 6 heteroatoms. The first kappa shape index (κ1) is 13.9. The molecule has 1 fully saturated rings. The van der Waals surface area contributed by atoms with E-state index in [1.807, 2.05) is 24.3 Å². The number of rotatable bonds is 5. The molecule has 1 unspecified atom stereocenters. The van der Waals surface area contributed by atoms with E-state index in [0.717, 1.165) is 34.7 Å². The Bertz CT molecular complexity index is 585. The van der Waals surface area contributed by atoms with Crippen molar-refractivity contribution >= 4 is 23.4 Å². The Hall–Kier alpha value is -1.04. The second-order valence-electron chi connectivity index (χ2n) is 5.00. The van der Waals surface area contributed by atoms with Gasteiger partial charge in [-0.2, -0.15) is 4.98 Å². The van der Waals surface area contributed by atoms with Gasteiger partial charge in [-0.1, -0.05) is 29.7 Å². The minimum absolute atomic E-state index is 0.327. The Morgan fingerprint density at radius 2 is 2.35 bits per heavy atom. The quantitative estimate of drug-likeness (QED) is 0.859. The molecule has 4 nitrogen and oxygen atoms in total. The van der Waals surface area contributed by atoms with Gasteiger partial charge >= 0.3 is 0 Å². The van der Waals surface area contributed by atoms with Crippen molar-refractivity contribution in [3.63, 3.8) is 0 Å². The van der Waals surface area contributed by atoms with Crippen LogP contribution in [0.4, 0.5) is 0 Å². The van der Waals surface area contributed by atoms with Crippen molar-refractivity contribution in [3.05, 3.63) is 41.0 Å². The standard InChI is InChI=1S/C14H16ClN3OS/c1-9(10-6-16-7-10)14-17-13(18-19-14)8-20-12-4-2-3-11(15)5-12/h2-5,9-10,16H,6-8H2,1H3. The number of aromatic nitrogens is 2. The number of nitrogens with one attached hydrogen (secondary N) is 1. The zero-order valence-corrected chi connectivity index (χ0v) is 12.7. The van der Waals surface area contributed by atoms with Crippen molar-refractivity contribution in [1.29, 1.82) is 0 Å². The molecule has 0 bridgehead atoms.